The summed E-state index contributed by atoms with van der Waals surface area (Å²) in [7, 11) is 0. The molecule has 0 spiro atoms. The van der Waals surface area contributed by atoms with Gasteiger partial charge in [-0.2, -0.15) is 0 Å². The summed E-state index contributed by atoms with van der Waals surface area (Å²) in [6.07, 6.45) is 3.20. The molecule has 1 amide bonds. The lowest BCUT2D eigenvalue weighted by Crippen LogP contribution is -2.29. The Bertz CT molecular complexity index is 626. The molecule has 0 aliphatic rings. The highest BCUT2D eigenvalue weighted by molar-refractivity contribution is 9.10. The third-order valence-electron chi connectivity index (χ3n) is 3.02. The van der Waals surface area contributed by atoms with E-state index in [0.29, 0.717) is 0 Å². The van der Waals surface area contributed by atoms with Crippen molar-refractivity contribution in [2.24, 2.45) is 0 Å². The number of hydrogen-bond acceptors (Lipinski definition) is 2. The zero-order chi connectivity index (χ0) is 15.1. The molecule has 0 bridgehead atoms. The fourth-order valence-corrected chi connectivity index (χ4v) is 2.33. The molecule has 1 atom stereocenters. The molecule has 3 nitrogen and oxygen atoms in total. The molecule has 0 aliphatic carbocycles. The monoisotopic (exact) mass is 345 g/mol. The smallest absolute Gasteiger partial charge is 0.244 e. The highest BCUT2D eigenvalue weighted by Gasteiger charge is 2.11. The van der Waals surface area contributed by atoms with E-state index in [2.05, 4.69) is 21.2 Å². The molecule has 21 heavy (non-hydrogen) atoms. The van der Waals surface area contributed by atoms with Crippen LogP contribution in [0.5, 0.6) is 0 Å². The summed E-state index contributed by atoms with van der Waals surface area (Å²) >= 11 is 3.42. The zero-order valence-electron chi connectivity index (χ0n) is 11.4. The van der Waals surface area contributed by atoms with Crippen LogP contribution in [0.3, 0.4) is 0 Å². The Kier molecular flexibility index (Phi) is 5.72. The lowest BCUT2D eigenvalue weighted by Gasteiger charge is -2.15. The summed E-state index contributed by atoms with van der Waals surface area (Å²) in [5.74, 6) is -0.242. The van der Waals surface area contributed by atoms with Gasteiger partial charge in [-0.05, 0) is 23.3 Å². The molecule has 108 valence electrons. The van der Waals surface area contributed by atoms with Crippen LogP contribution in [0.25, 0.3) is 6.08 Å². The van der Waals surface area contributed by atoms with Gasteiger partial charge < -0.3 is 10.4 Å². The molecule has 0 heterocycles. The Morgan fingerprint density at radius 2 is 1.81 bits per heavy atom. The first-order valence-electron chi connectivity index (χ1n) is 6.59. The minimum absolute atomic E-state index is 0.140. The van der Waals surface area contributed by atoms with E-state index in [1.54, 1.807) is 6.08 Å². The predicted octanol–water partition coefficient (Wildman–Crippen LogP) is 3.31. The van der Waals surface area contributed by atoms with E-state index in [1.165, 1.54) is 6.08 Å². The summed E-state index contributed by atoms with van der Waals surface area (Å²) in [5, 5.41) is 12.2. The molecule has 0 radical (unpaired) electrons. The maximum absolute atomic E-state index is 11.9. The molecule has 0 aromatic heterocycles. The van der Waals surface area contributed by atoms with E-state index in [9.17, 15) is 9.90 Å². The van der Waals surface area contributed by atoms with Gasteiger partial charge in [0.1, 0.15) is 0 Å². The van der Waals surface area contributed by atoms with Crippen LogP contribution in [-0.2, 0) is 4.79 Å². The number of carbonyl (C=O) groups is 1. The molecule has 2 rings (SSSR count). The number of aliphatic hydroxyl groups is 1. The first-order chi connectivity index (χ1) is 10.2. The number of hydrogen-bond donors (Lipinski definition) is 2. The van der Waals surface area contributed by atoms with Crippen molar-refractivity contribution in [1.29, 1.82) is 0 Å². The number of benzene rings is 2. The zero-order valence-corrected chi connectivity index (χ0v) is 13.0. The molecule has 2 aromatic rings. The molecule has 0 saturated carbocycles. The van der Waals surface area contributed by atoms with Gasteiger partial charge in [0.2, 0.25) is 5.91 Å². The van der Waals surface area contributed by atoms with Gasteiger partial charge >= 0.3 is 0 Å². The Hall–Kier alpha value is -1.91. The van der Waals surface area contributed by atoms with Crippen LogP contribution >= 0.6 is 15.9 Å². The molecule has 4 heteroatoms. The van der Waals surface area contributed by atoms with Crippen LogP contribution in [0.2, 0.25) is 0 Å². The third-order valence-corrected chi connectivity index (χ3v) is 3.74. The van der Waals surface area contributed by atoms with Crippen molar-refractivity contribution in [3.8, 4) is 0 Å². The van der Waals surface area contributed by atoms with Crippen LogP contribution in [-0.4, -0.2) is 17.6 Å². The molecular formula is C17H16BrNO2. The third kappa shape index (κ3) is 4.55. The lowest BCUT2D eigenvalue weighted by molar-refractivity contribution is -0.117. The second-order valence-electron chi connectivity index (χ2n) is 4.51. The van der Waals surface area contributed by atoms with Gasteiger partial charge in [0, 0.05) is 10.5 Å². The molecule has 0 aliphatic heterocycles. The number of carbonyl (C=O) groups excluding carboxylic acids is 1. The van der Waals surface area contributed by atoms with Crippen LogP contribution in [0.1, 0.15) is 17.2 Å². The average molecular weight is 346 g/mol. The van der Waals surface area contributed by atoms with Gasteiger partial charge in [0.05, 0.1) is 12.6 Å². The van der Waals surface area contributed by atoms with Gasteiger partial charge in [-0.25, -0.2) is 0 Å². The summed E-state index contributed by atoms with van der Waals surface area (Å²) in [4.78, 5) is 11.9. The van der Waals surface area contributed by atoms with E-state index >= 15 is 0 Å². The van der Waals surface area contributed by atoms with Crippen LogP contribution in [0, 0.1) is 0 Å². The lowest BCUT2D eigenvalue weighted by atomic mass is 10.1. The first-order valence-corrected chi connectivity index (χ1v) is 7.39. The summed E-state index contributed by atoms with van der Waals surface area (Å²) < 4.78 is 0.927. The molecule has 0 unspecified atom stereocenters. The van der Waals surface area contributed by atoms with E-state index in [1.807, 2.05) is 54.6 Å². The second-order valence-corrected chi connectivity index (χ2v) is 5.36. The Labute approximate surface area is 132 Å². The molecule has 2 N–H and O–H groups in total. The van der Waals surface area contributed by atoms with Crippen molar-refractivity contribution in [3.63, 3.8) is 0 Å². The normalized spacial score (nSPS) is 12.3. The summed E-state index contributed by atoms with van der Waals surface area (Å²) in [6.45, 7) is -0.140. The number of halogens is 1. The average Bonchev–Trinajstić information content (AvgIpc) is 2.52. The number of amides is 1. The number of rotatable bonds is 5. The van der Waals surface area contributed by atoms with Crippen molar-refractivity contribution in [1.82, 2.24) is 5.32 Å². The Morgan fingerprint density at radius 3 is 2.48 bits per heavy atom. The van der Waals surface area contributed by atoms with Gasteiger partial charge in [0.15, 0.2) is 0 Å². The van der Waals surface area contributed by atoms with E-state index in [4.69, 9.17) is 0 Å². The fraction of sp³-hybridized carbons (Fsp3) is 0.118. The quantitative estimate of drug-likeness (QED) is 0.816. The van der Waals surface area contributed by atoms with E-state index in [0.717, 1.165) is 15.6 Å². The highest BCUT2D eigenvalue weighted by atomic mass is 79.9. The van der Waals surface area contributed by atoms with Gasteiger partial charge in [0.25, 0.3) is 0 Å². The SMILES string of the molecule is O=C(/C=C/c1ccccc1Br)N[C@@H](CO)c1ccccc1. The minimum atomic E-state index is -0.400. The highest BCUT2D eigenvalue weighted by Crippen LogP contribution is 2.17. The number of nitrogens with one attached hydrogen (secondary N) is 1. The van der Waals surface area contributed by atoms with Crippen molar-refractivity contribution >= 4 is 27.9 Å². The largest absolute Gasteiger partial charge is 0.394 e. The van der Waals surface area contributed by atoms with Crippen molar-refractivity contribution in [3.05, 3.63) is 76.3 Å². The molecular weight excluding hydrogens is 330 g/mol. The summed E-state index contributed by atoms with van der Waals surface area (Å²) in [5.41, 5.74) is 1.80. The minimum Gasteiger partial charge on any atom is -0.394 e. The molecule has 0 fully saturated rings. The van der Waals surface area contributed by atoms with Gasteiger partial charge in [-0.1, -0.05) is 64.5 Å². The predicted molar refractivity (Wildman–Crippen MR) is 87.6 cm³/mol. The maximum Gasteiger partial charge on any atom is 0.244 e. The van der Waals surface area contributed by atoms with Crippen LogP contribution < -0.4 is 5.32 Å². The topological polar surface area (TPSA) is 49.3 Å². The standard InChI is InChI=1S/C17H16BrNO2/c18-15-9-5-4-6-13(15)10-11-17(21)19-16(12-20)14-7-2-1-3-8-14/h1-11,16,20H,12H2,(H,19,21)/b11-10+/t16-/m0/s1. The van der Waals surface area contributed by atoms with Crippen LogP contribution in [0.15, 0.2) is 65.1 Å². The van der Waals surface area contributed by atoms with Gasteiger partial charge in [-0.3, -0.25) is 4.79 Å². The Morgan fingerprint density at radius 1 is 1.14 bits per heavy atom. The Balaban J connectivity index is 2.02. The van der Waals surface area contributed by atoms with E-state index < -0.39 is 6.04 Å². The maximum atomic E-state index is 11.9. The fourth-order valence-electron chi connectivity index (χ4n) is 1.92. The van der Waals surface area contributed by atoms with Crippen LogP contribution in [0.4, 0.5) is 0 Å². The number of aliphatic hydroxyl groups excluding tert-OH is 1. The molecule has 2 aromatic carbocycles. The molecule has 0 saturated heterocycles. The second kappa shape index (κ2) is 7.76. The van der Waals surface area contributed by atoms with Crippen molar-refractivity contribution < 1.29 is 9.90 Å². The summed E-state index contributed by atoms with van der Waals surface area (Å²) in [6, 6.07) is 16.6. The van der Waals surface area contributed by atoms with Gasteiger partial charge in [-0.15, -0.1) is 0 Å². The van der Waals surface area contributed by atoms with Crippen molar-refractivity contribution in [2.45, 2.75) is 6.04 Å². The van der Waals surface area contributed by atoms with Crippen molar-refractivity contribution in [2.75, 3.05) is 6.61 Å². The van der Waals surface area contributed by atoms with E-state index in [-0.39, 0.29) is 12.5 Å². The first kappa shape index (κ1) is 15.5.